The van der Waals surface area contributed by atoms with Crippen LogP contribution in [0.3, 0.4) is 0 Å². The second-order valence-corrected chi connectivity index (χ2v) is 7.09. The summed E-state index contributed by atoms with van der Waals surface area (Å²) in [6.07, 6.45) is 0. The van der Waals surface area contributed by atoms with E-state index in [4.69, 9.17) is 16.3 Å². The largest absolute Gasteiger partial charge is 0.496 e. The lowest BCUT2D eigenvalue weighted by atomic mass is 10.1. The number of nitrogens with one attached hydrogen (secondary N) is 2. The highest BCUT2D eigenvalue weighted by Crippen LogP contribution is 2.23. The van der Waals surface area contributed by atoms with E-state index in [2.05, 4.69) is 41.3 Å². The Hall–Kier alpha value is -0.730. The van der Waals surface area contributed by atoms with Gasteiger partial charge >= 0.3 is 0 Å². The number of methoxy groups -OCH3 is 1. The SMILES string of the molecule is CN=C(NCc1ccc(Cl)cc1OC)NC1CN(C(C)C)CC1C.I. The van der Waals surface area contributed by atoms with Crippen molar-refractivity contribution in [3.05, 3.63) is 28.8 Å². The van der Waals surface area contributed by atoms with Crippen molar-refractivity contribution in [2.24, 2.45) is 10.9 Å². The van der Waals surface area contributed by atoms with Gasteiger partial charge in [0.15, 0.2) is 5.96 Å². The molecule has 142 valence electrons. The van der Waals surface area contributed by atoms with Crippen LogP contribution < -0.4 is 15.4 Å². The quantitative estimate of drug-likeness (QED) is 0.385. The molecule has 1 aliphatic rings. The summed E-state index contributed by atoms with van der Waals surface area (Å²) < 4.78 is 5.39. The molecule has 1 fully saturated rings. The molecule has 1 heterocycles. The smallest absolute Gasteiger partial charge is 0.191 e. The summed E-state index contributed by atoms with van der Waals surface area (Å²) >= 11 is 6.01. The number of nitrogens with zero attached hydrogens (tertiary/aromatic N) is 2. The van der Waals surface area contributed by atoms with Gasteiger partial charge in [-0.3, -0.25) is 9.89 Å². The zero-order chi connectivity index (χ0) is 17.7. The molecular formula is C18H30ClIN4O. The van der Waals surface area contributed by atoms with E-state index in [-0.39, 0.29) is 24.0 Å². The molecule has 2 atom stereocenters. The van der Waals surface area contributed by atoms with Crippen molar-refractivity contribution in [2.45, 2.75) is 39.4 Å². The van der Waals surface area contributed by atoms with Crippen LogP contribution in [0.15, 0.2) is 23.2 Å². The van der Waals surface area contributed by atoms with Gasteiger partial charge in [0.05, 0.1) is 7.11 Å². The van der Waals surface area contributed by atoms with E-state index in [1.165, 1.54) is 0 Å². The Bertz CT molecular complexity index is 582. The predicted molar refractivity (Wildman–Crippen MR) is 116 cm³/mol. The van der Waals surface area contributed by atoms with Crippen LogP contribution in [-0.2, 0) is 6.54 Å². The molecule has 7 heteroatoms. The van der Waals surface area contributed by atoms with Gasteiger partial charge < -0.3 is 15.4 Å². The fourth-order valence-corrected chi connectivity index (χ4v) is 3.19. The number of benzene rings is 1. The van der Waals surface area contributed by atoms with Crippen molar-refractivity contribution in [2.75, 3.05) is 27.2 Å². The van der Waals surface area contributed by atoms with Gasteiger partial charge in [0.25, 0.3) is 0 Å². The van der Waals surface area contributed by atoms with Gasteiger partial charge in [-0.25, -0.2) is 0 Å². The molecule has 0 aliphatic carbocycles. The van der Waals surface area contributed by atoms with Gasteiger partial charge in [-0.05, 0) is 31.9 Å². The molecule has 0 saturated carbocycles. The molecule has 0 bridgehead atoms. The Morgan fingerprint density at radius 2 is 2.12 bits per heavy atom. The summed E-state index contributed by atoms with van der Waals surface area (Å²) in [4.78, 5) is 6.85. The first-order valence-corrected chi connectivity index (χ1v) is 8.86. The normalized spacial score (nSPS) is 21.2. The van der Waals surface area contributed by atoms with E-state index in [1.54, 1.807) is 14.2 Å². The van der Waals surface area contributed by atoms with Crippen molar-refractivity contribution in [1.29, 1.82) is 0 Å². The summed E-state index contributed by atoms with van der Waals surface area (Å²) in [6.45, 7) is 9.58. The van der Waals surface area contributed by atoms with Crippen LogP contribution in [-0.4, -0.2) is 50.2 Å². The van der Waals surface area contributed by atoms with E-state index in [9.17, 15) is 0 Å². The summed E-state index contributed by atoms with van der Waals surface area (Å²) in [5.41, 5.74) is 1.05. The molecule has 2 rings (SSSR count). The van der Waals surface area contributed by atoms with Crippen molar-refractivity contribution >= 4 is 41.5 Å². The highest BCUT2D eigenvalue weighted by Gasteiger charge is 2.31. The Labute approximate surface area is 173 Å². The van der Waals surface area contributed by atoms with Gasteiger partial charge in [-0.15, -0.1) is 24.0 Å². The van der Waals surface area contributed by atoms with Crippen LogP contribution in [0.25, 0.3) is 0 Å². The third kappa shape index (κ3) is 6.18. The van der Waals surface area contributed by atoms with E-state index >= 15 is 0 Å². The first-order chi connectivity index (χ1) is 11.4. The number of halogens is 2. The molecule has 0 spiro atoms. The summed E-state index contributed by atoms with van der Waals surface area (Å²) in [6, 6.07) is 6.66. The van der Waals surface area contributed by atoms with Gasteiger partial charge in [0.2, 0.25) is 0 Å². The molecule has 0 aromatic heterocycles. The molecule has 0 radical (unpaired) electrons. The van der Waals surface area contributed by atoms with Crippen molar-refractivity contribution in [3.63, 3.8) is 0 Å². The molecule has 0 amide bonds. The average Bonchev–Trinajstić information content (AvgIpc) is 2.93. The molecule has 2 unspecified atom stereocenters. The maximum atomic E-state index is 6.01. The van der Waals surface area contributed by atoms with Crippen LogP contribution >= 0.6 is 35.6 Å². The fraction of sp³-hybridized carbons (Fsp3) is 0.611. The summed E-state index contributed by atoms with van der Waals surface area (Å²) in [5, 5.41) is 7.59. The van der Waals surface area contributed by atoms with Crippen LogP contribution in [0.4, 0.5) is 0 Å². The van der Waals surface area contributed by atoms with Gasteiger partial charge in [0, 0.05) is 49.4 Å². The van der Waals surface area contributed by atoms with Crippen LogP contribution in [0.1, 0.15) is 26.3 Å². The predicted octanol–water partition coefficient (Wildman–Crippen LogP) is 3.36. The van der Waals surface area contributed by atoms with Gasteiger partial charge in [-0.2, -0.15) is 0 Å². The number of guanidine groups is 1. The Balaban J connectivity index is 0.00000312. The highest BCUT2D eigenvalue weighted by atomic mass is 127. The zero-order valence-electron chi connectivity index (χ0n) is 15.7. The monoisotopic (exact) mass is 480 g/mol. The minimum absolute atomic E-state index is 0. The molecule has 2 N–H and O–H groups in total. The van der Waals surface area contributed by atoms with Crippen LogP contribution in [0, 0.1) is 5.92 Å². The first kappa shape index (κ1) is 22.3. The average molecular weight is 481 g/mol. The van der Waals surface area contributed by atoms with Crippen molar-refractivity contribution in [3.8, 4) is 5.75 Å². The maximum Gasteiger partial charge on any atom is 0.191 e. The lowest BCUT2D eigenvalue weighted by molar-refractivity contribution is 0.265. The number of hydrogen-bond donors (Lipinski definition) is 2. The Morgan fingerprint density at radius 1 is 1.40 bits per heavy atom. The first-order valence-electron chi connectivity index (χ1n) is 8.48. The minimum Gasteiger partial charge on any atom is -0.496 e. The molecule has 25 heavy (non-hydrogen) atoms. The number of ether oxygens (including phenoxy) is 1. The molecule has 1 aromatic carbocycles. The van der Waals surface area contributed by atoms with Gasteiger partial charge in [-0.1, -0.05) is 24.6 Å². The standard InChI is InChI=1S/C18H29ClN4O.HI/c1-12(2)23-10-13(3)16(11-23)22-18(20-4)21-9-14-6-7-15(19)8-17(14)24-5;/h6-8,12-13,16H,9-11H2,1-5H3,(H2,20,21,22);1H. The highest BCUT2D eigenvalue weighted by molar-refractivity contribution is 14.0. The Morgan fingerprint density at radius 3 is 2.68 bits per heavy atom. The second-order valence-electron chi connectivity index (χ2n) is 6.66. The number of rotatable bonds is 5. The lowest BCUT2D eigenvalue weighted by Crippen LogP contribution is -2.46. The fourth-order valence-electron chi connectivity index (χ4n) is 3.03. The zero-order valence-corrected chi connectivity index (χ0v) is 18.8. The molecule has 5 nitrogen and oxygen atoms in total. The van der Waals surface area contributed by atoms with Gasteiger partial charge in [0.1, 0.15) is 5.75 Å². The maximum absolute atomic E-state index is 6.01. The molecule has 1 saturated heterocycles. The summed E-state index contributed by atoms with van der Waals surface area (Å²) in [5.74, 6) is 2.19. The Kier molecular flexibility index (Phi) is 9.30. The van der Waals surface area contributed by atoms with E-state index in [0.717, 1.165) is 30.4 Å². The number of aliphatic imine (C=N–C) groups is 1. The molecule has 1 aliphatic heterocycles. The number of hydrogen-bond acceptors (Lipinski definition) is 3. The molecular weight excluding hydrogens is 451 g/mol. The lowest BCUT2D eigenvalue weighted by Gasteiger charge is -2.22. The third-order valence-corrected chi connectivity index (χ3v) is 4.85. The topological polar surface area (TPSA) is 48.9 Å². The molecule has 1 aromatic rings. The minimum atomic E-state index is 0. The summed E-state index contributed by atoms with van der Waals surface area (Å²) in [7, 11) is 3.46. The third-order valence-electron chi connectivity index (χ3n) is 4.61. The second kappa shape index (κ2) is 10.4. The van der Waals surface area contributed by atoms with E-state index in [1.807, 2.05) is 18.2 Å². The van der Waals surface area contributed by atoms with E-state index < -0.39 is 0 Å². The van der Waals surface area contributed by atoms with E-state index in [0.29, 0.717) is 29.6 Å². The number of likely N-dealkylation sites (tertiary alicyclic amines) is 1. The van der Waals surface area contributed by atoms with Crippen molar-refractivity contribution in [1.82, 2.24) is 15.5 Å². The van der Waals surface area contributed by atoms with Crippen LogP contribution in [0.5, 0.6) is 5.75 Å². The van der Waals surface area contributed by atoms with Crippen LogP contribution in [0.2, 0.25) is 5.02 Å². The van der Waals surface area contributed by atoms with Crippen molar-refractivity contribution < 1.29 is 4.74 Å².